The van der Waals surface area contributed by atoms with Gasteiger partial charge in [-0.1, -0.05) is 13.8 Å². The minimum atomic E-state index is 0.750. The maximum Gasteiger partial charge on any atom is 0.116 e. The molecule has 0 unspecified atom stereocenters. The summed E-state index contributed by atoms with van der Waals surface area (Å²) in [6, 6.07) is 0. The molecule has 0 fully saturated rings. The largest absolute Gasteiger partial charge is 0.306 e. The Morgan fingerprint density at radius 1 is 1.18 bits per heavy atom. The van der Waals surface area contributed by atoms with Crippen molar-refractivity contribution in [2.45, 2.75) is 33.6 Å². The zero-order valence-corrected chi connectivity index (χ0v) is 8.26. The molecule has 2 heteroatoms. The van der Waals surface area contributed by atoms with Crippen LogP contribution in [0.4, 0.5) is 0 Å². The standard InChI is InChI=1S/C7H17N.C2H4O/c1-4-6-8(3)7-5-2;1-2-3/h4-7H2,1-3H3;2H,1H3. The Balaban J connectivity index is 0. The minimum absolute atomic E-state index is 0.750. The van der Waals surface area contributed by atoms with E-state index in [0.717, 1.165) is 6.29 Å². The van der Waals surface area contributed by atoms with Crippen molar-refractivity contribution in [2.75, 3.05) is 20.1 Å². The van der Waals surface area contributed by atoms with Crippen LogP contribution in [0.1, 0.15) is 33.6 Å². The first-order chi connectivity index (χ1) is 5.22. The van der Waals surface area contributed by atoms with Gasteiger partial charge in [0.25, 0.3) is 0 Å². The molecule has 0 aliphatic rings. The van der Waals surface area contributed by atoms with E-state index in [9.17, 15) is 0 Å². The van der Waals surface area contributed by atoms with Gasteiger partial charge in [0, 0.05) is 0 Å². The van der Waals surface area contributed by atoms with Gasteiger partial charge in [0.05, 0.1) is 0 Å². The van der Waals surface area contributed by atoms with E-state index in [-0.39, 0.29) is 0 Å². The molecular formula is C9H21NO. The molecule has 0 atom stereocenters. The molecule has 0 radical (unpaired) electrons. The lowest BCUT2D eigenvalue weighted by molar-refractivity contribution is -0.106. The molecule has 11 heavy (non-hydrogen) atoms. The fourth-order valence-electron chi connectivity index (χ4n) is 0.875. The lowest BCUT2D eigenvalue weighted by Gasteiger charge is -2.12. The third-order valence-corrected chi connectivity index (χ3v) is 1.21. The summed E-state index contributed by atoms with van der Waals surface area (Å²) < 4.78 is 0. The van der Waals surface area contributed by atoms with E-state index < -0.39 is 0 Å². The van der Waals surface area contributed by atoms with Crippen LogP contribution in [0.3, 0.4) is 0 Å². The molecule has 0 aliphatic heterocycles. The summed E-state index contributed by atoms with van der Waals surface area (Å²) in [6.45, 7) is 8.36. The summed E-state index contributed by atoms with van der Waals surface area (Å²) in [5.41, 5.74) is 0. The molecular weight excluding hydrogens is 138 g/mol. The van der Waals surface area contributed by atoms with Crippen LogP contribution in [-0.4, -0.2) is 31.3 Å². The number of carbonyl (C=O) groups is 1. The SMILES string of the molecule is CC=O.CCCN(C)CCC. The maximum atomic E-state index is 8.81. The first-order valence-electron chi connectivity index (χ1n) is 4.31. The Hall–Kier alpha value is -0.370. The van der Waals surface area contributed by atoms with Crippen LogP contribution < -0.4 is 0 Å². The van der Waals surface area contributed by atoms with E-state index in [1.165, 1.54) is 32.9 Å². The summed E-state index contributed by atoms with van der Waals surface area (Å²) in [5.74, 6) is 0. The smallest absolute Gasteiger partial charge is 0.116 e. The highest BCUT2D eigenvalue weighted by Gasteiger charge is 1.90. The average molecular weight is 159 g/mol. The summed E-state index contributed by atoms with van der Waals surface area (Å²) in [6.07, 6.45) is 3.30. The molecule has 0 aromatic carbocycles. The van der Waals surface area contributed by atoms with Gasteiger partial charge in [-0.3, -0.25) is 0 Å². The van der Waals surface area contributed by atoms with Crippen molar-refractivity contribution >= 4 is 6.29 Å². The fraction of sp³-hybridized carbons (Fsp3) is 0.889. The number of carbonyl (C=O) groups excluding carboxylic acids is 1. The molecule has 0 aliphatic carbocycles. The predicted molar refractivity (Wildman–Crippen MR) is 49.8 cm³/mol. The molecule has 0 heterocycles. The second-order valence-electron chi connectivity index (χ2n) is 2.54. The Morgan fingerprint density at radius 2 is 1.45 bits per heavy atom. The molecule has 0 N–H and O–H groups in total. The van der Waals surface area contributed by atoms with Gasteiger partial charge in [-0.25, -0.2) is 0 Å². The van der Waals surface area contributed by atoms with Gasteiger partial charge in [0.15, 0.2) is 0 Å². The number of aldehydes is 1. The van der Waals surface area contributed by atoms with Gasteiger partial charge in [0.2, 0.25) is 0 Å². The monoisotopic (exact) mass is 159 g/mol. The number of hydrogen-bond donors (Lipinski definition) is 0. The Kier molecular flexibility index (Phi) is 14.8. The third kappa shape index (κ3) is 17.7. The normalized spacial score (nSPS) is 8.82. The van der Waals surface area contributed by atoms with Gasteiger partial charge < -0.3 is 9.69 Å². The Bertz CT molecular complexity index is 68.0. The van der Waals surface area contributed by atoms with Crippen LogP contribution in [0.5, 0.6) is 0 Å². The van der Waals surface area contributed by atoms with Crippen molar-refractivity contribution < 1.29 is 4.79 Å². The molecule has 68 valence electrons. The van der Waals surface area contributed by atoms with Crippen LogP contribution in [0.2, 0.25) is 0 Å². The van der Waals surface area contributed by atoms with Crippen LogP contribution >= 0.6 is 0 Å². The highest BCUT2D eigenvalue weighted by Crippen LogP contribution is 1.86. The molecule has 0 bridgehead atoms. The topological polar surface area (TPSA) is 20.3 Å². The van der Waals surface area contributed by atoms with Crippen molar-refractivity contribution in [2.24, 2.45) is 0 Å². The zero-order chi connectivity index (χ0) is 9.11. The molecule has 0 amide bonds. The highest BCUT2D eigenvalue weighted by atomic mass is 16.1. The first kappa shape index (κ1) is 13.2. The highest BCUT2D eigenvalue weighted by molar-refractivity contribution is 5.44. The maximum absolute atomic E-state index is 8.81. The van der Waals surface area contributed by atoms with Gasteiger partial charge >= 0.3 is 0 Å². The minimum Gasteiger partial charge on any atom is -0.306 e. The van der Waals surface area contributed by atoms with E-state index in [0.29, 0.717) is 0 Å². The third-order valence-electron chi connectivity index (χ3n) is 1.21. The quantitative estimate of drug-likeness (QED) is 0.584. The van der Waals surface area contributed by atoms with Crippen LogP contribution in [0, 0.1) is 0 Å². The lowest BCUT2D eigenvalue weighted by atomic mass is 10.4. The van der Waals surface area contributed by atoms with Crippen molar-refractivity contribution in [1.29, 1.82) is 0 Å². The summed E-state index contributed by atoms with van der Waals surface area (Å²) in [7, 11) is 2.17. The van der Waals surface area contributed by atoms with Gasteiger partial charge in [0.1, 0.15) is 6.29 Å². The lowest BCUT2D eigenvalue weighted by Crippen LogP contribution is -2.19. The van der Waals surface area contributed by atoms with Crippen LogP contribution in [-0.2, 0) is 4.79 Å². The second-order valence-corrected chi connectivity index (χ2v) is 2.54. The number of hydrogen-bond acceptors (Lipinski definition) is 2. The van der Waals surface area contributed by atoms with Crippen molar-refractivity contribution in [3.8, 4) is 0 Å². The molecule has 0 spiro atoms. The predicted octanol–water partition coefficient (Wildman–Crippen LogP) is 1.94. The van der Waals surface area contributed by atoms with E-state index in [2.05, 4.69) is 25.8 Å². The van der Waals surface area contributed by atoms with E-state index in [4.69, 9.17) is 4.79 Å². The van der Waals surface area contributed by atoms with Crippen LogP contribution in [0.25, 0.3) is 0 Å². The Morgan fingerprint density at radius 3 is 1.64 bits per heavy atom. The summed E-state index contributed by atoms with van der Waals surface area (Å²) in [4.78, 5) is 11.2. The molecule has 0 saturated heterocycles. The second kappa shape index (κ2) is 12.3. The molecule has 0 aromatic heterocycles. The first-order valence-corrected chi connectivity index (χ1v) is 4.31. The summed E-state index contributed by atoms with van der Waals surface area (Å²) >= 11 is 0. The zero-order valence-electron chi connectivity index (χ0n) is 8.26. The van der Waals surface area contributed by atoms with Crippen molar-refractivity contribution in [3.63, 3.8) is 0 Å². The van der Waals surface area contributed by atoms with E-state index in [1.807, 2.05) is 0 Å². The molecule has 2 nitrogen and oxygen atoms in total. The van der Waals surface area contributed by atoms with E-state index >= 15 is 0 Å². The number of nitrogens with zero attached hydrogens (tertiary/aromatic N) is 1. The van der Waals surface area contributed by atoms with Crippen molar-refractivity contribution in [1.82, 2.24) is 4.90 Å². The molecule has 0 aromatic rings. The summed E-state index contributed by atoms with van der Waals surface area (Å²) in [5, 5.41) is 0. The average Bonchev–Trinajstić information content (AvgIpc) is 1.90. The molecule has 0 saturated carbocycles. The number of rotatable bonds is 4. The van der Waals surface area contributed by atoms with E-state index in [1.54, 1.807) is 0 Å². The van der Waals surface area contributed by atoms with Gasteiger partial charge in [-0.05, 0) is 39.9 Å². The van der Waals surface area contributed by atoms with Crippen LogP contribution in [0.15, 0.2) is 0 Å². The van der Waals surface area contributed by atoms with Gasteiger partial charge in [-0.2, -0.15) is 0 Å². The fourth-order valence-corrected chi connectivity index (χ4v) is 0.875. The Labute approximate surface area is 70.6 Å². The molecule has 0 rings (SSSR count). The van der Waals surface area contributed by atoms with Crippen molar-refractivity contribution in [3.05, 3.63) is 0 Å². The van der Waals surface area contributed by atoms with Gasteiger partial charge in [-0.15, -0.1) is 0 Å².